The number of hydrogen-bond acceptors (Lipinski definition) is 4. The van der Waals surface area contributed by atoms with Crippen molar-refractivity contribution >= 4 is 40.8 Å². The van der Waals surface area contributed by atoms with E-state index in [-0.39, 0.29) is 35.6 Å². The first-order valence-electron chi connectivity index (χ1n) is 9.79. The number of amides is 2. The highest BCUT2D eigenvalue weighted by Crippen LogP contribution is 2.33. The van der Waals surface area contributed by atoms with Crippen LogP contribution in [0.1, 0.15) is 11.1 Å². The number of likely N-dealkylation sites (N-methyl/N-ethyl adjacent to an activating group) is 1. The van der Waals surface area contributed by atoms with E-state index in [1.165, 1.54) is 4.90 Å². The second-order valence-electron chi connectivity index (χ2n) is 7.41. The molecule has 2 amide bonds. The minimum Gasteiger partial charge on any atom is -0.352 e. The Balaban J connectivity index is 1.53. The highest BCUT2D eigenvalue weighted by atomic mass is 35.5. The predicted molar refractivity (Wildman–Crippen MR) is 116 cm³/mol. The number of anilines is 1. The van der Waals surface area contributed by atoms with Gasteiger partial charge in [-0.25, -0.2) is 4.98 Å². The first-order chi connectivity index (χ1) is 15.1. The first-order valence-corrected chi connectivity index (χ1v) is 10.5. The number of pyridine rings is 1. The lowest BCUT2D eigenvalue weighted by molar-refractivity contribution is -0.139. The molecule has 6 nitrogen and oxygen atoms in total. The molecule has 1 saturated heterocycles. The van der Waals surface area contributed by atoms with Crippen LogP contribution in [0.4, 0.5) is 19.0 Å². The molecule has 32 heavy (non-hydrogen) atoms. The molecule has 1 aliphatic heterocycles. The summed E-state index contributed by atoms with van der Waals surface area (Å²) in [5.41, 5.74) is -0.224. The van der Waals surface area contributed by atoms with Crippen molar-refractivity contribution in [2.45, 2.75) is 12.6 Å². The van der Waals surface area contributed by atoms with Crippen molar-refractivity contribution in [2.75, 3.05) is 44.7 Å². The maximum absolute atomic E-state index is 12.8. The molecule has 3 rings (SSSR count). The second kappa shape index (κ2) is 9.95. The van der Waals surface area contributed by atoms with Gasteiger partial charge in [0.1, 0.15) is 5.82 Å². The maximum Gasteiger partial charge on any atom is 0.417 e. The van der Waals surface area contributed by atoms with Gasteiger partial charge in [-0.2, -0.15) is 13.2 Å². The van der Waals surface area contributed by atoms with Crippen LogP contribution < -0.4 is 4.90 Å². The molecule has 0 saturated carbocycles. The molecule has 2 heterocycles. The van der Waals surface area contributed by atoms with Gasteiger partial charge in [-0.05, 0) is 17.7 Å². The van der Waals surface area contributed by atoms with Gasteiger partial charge in [-0.3, -0.25) is 9.59 Å². The zero-order valence-electron chi connectivity index (χ0n) is 17.2. The predicted octanol–water partition coefficient (Wildman–Crippen LogP) is 3.76. The largest absolute Gasteiger partial charge is 0.417 e. The molecule has 2 aromatic rings. The van der Waals surface area contributed by atoms with Crippen LogP contribution in [0.3, 0.4) is 0 Å². The number of rotatable bonds is 5. The fourth-order valence-corrected chi connectivity index (χ4v) is 3.81. The monoisotopic (exact) mass is 488 g/mol. The molecule has 0 N–H and O–H groups in total. The average Bonchev–Trinajstić information content (AvgIpc) is 2.74. The Labute approximate surface area is 193 Å². The van der Waals surface area contributed by atoms with Crippen molar-refractivity contribution in [1.29, 1.82) is 0 Å². The van der Waals surface area contributed by atoms with Crippen LogP contribution >= 0.6 is 23.2 Å². The Morgan fingerprint density at radius 2 is 1.75 bits per heavy atom. The molecule has 1 fully saturated rings. The van der Waals surface area contributed by atoms with Crippen molar-refractivity contribution in [3.8, 4) is 0 Å². The molecule has 1 aromatic carbocycles. The Bertz CT molecular complexity index is 995. The van der Waals surface area contributed by atoms with Gasteiger partial charge in [0.2, 0.25) is 11.8 Å². The third kappa shape index (κ3) is 5.83. The van der Waals surface area contributed by atoms with E-state index in [1.807, 2.05) is 0 Å². The van der Waals surface area contributed by atoms with Crippen LogP contribution in [-0.4, -0.2) is 66.4 Å². The van der Waals surface area contributed by atoms with Gasteiger partial charge in [0.15, 0.2) is 0 Å². The molecule has 0 aliphatic carbocycles. The lowest BCUT2D eigenvalue weighted by Crippen LogP contribution is -2.51. The van der Waals surface area contributed by atoms with Gasteiger partial charge in [0, 0.05) is 44.4 Å². The zero-order chi connectivity index (χ0) is 23.5. The van der Waals surface area contributed by atoms with E-state index in [0.717, 1.165) is 12.3 Å². The fraction of sp³-hybridized carbons (Fsp3) is 0.381. The molecule has 0 radical (unpaired) electrons. The van der Waals surface area contributed by atoms with E-state index >= 15 is 0 Å². The Morgan fingerprint density at radius 3 is 2.34 bits per heavy atom. The normalized spacial score (nSPS) is 14.4. The van der Waals surface area contributed by atoms with E-state index in [2.05, 4.69) is 4.98 Å². The van der Waals surface area contributed by atoms with E-state index in [4.69, 9.17) is 23.2 Å². The lowest BCUT2D eigenvalue weighted by Gasteiger charge is -2.36. The molecular formula is C21H21Cl2F3N4O2. The summed E-state index contributed by atoms with van der Waals surface area (Å²) >= 11 is 12.1. The molecule has 1 aliphatic rings. The van der Waals surface area contributed by atoms with Crippen molar-refractivity contribution in [3.05, 3.63) is 57.7 Å². The highest BCUT2D eigenvalue weighted by molar-refractivity contribution is 6.33. The Morgan fingerprint density at radius 1 is 1.09 bits per heavy atom. The molecule has 1 aromatic heterocycles. The number of carbonyl (C=O) groups excluding carboxylic acids is 2. The van der Waals surface area contributed by atoms with Crippen molar-refractivity contribution in [1.82, 2.24) is 14.8 Å². The SMILES string of the molecule is CN(CC(=O)N1CCN(c2ncc(C(F)(F)F)cc2Cl)CC1)C(=O)Cc1ccccc1Cl. The van der Waals surface area contributed by atoms with Gasteiger partial charge >= 0.3 is 6.18 Å². The number of hydrogen-bond donors (Lipinski definition) is 0. The molecule has 11 heteroatoms. The van der Waals surface area contributed by atoms with E-state index in [9.17, 15) is 22.8 Å². The number of piperazine rings is 1. The zero-order valence-corrected chi connectivity index (χ0v) is 18.7. The minimum absolute atomic E-state index is 0.0808. The summed E-state index contributed by atoms with van der Waals surface area (Å²) in [6.07, 6.45) is -3.68. The van der Waals surface area contributed by atoms with E-state index in [0.29, 0.717) is 36.8 Å². The van der Waals surface area contributed by atoms with Crippen LogP contribution in [0.5, 0.6) is 0 Å². The molecule has 0 spiro atoms. The van der Waals surface area contributed by atoms with Crippen LogP contribution in [0.25, 0.3) is 0 Å². The summed E-state index contributed by atoms with van der Waals surface area (Å²) in [6, 6.07) is 7.87. The van der Waals surface area contributed by atoms with E-state index < -0.39 is 11.7 Å². The third-order valence-corrected chi connectivity index (χ3v) is 5.83. The first kappa shape index (κ1) is 24.1. The van der Waals surface area contributed by atoms with Gasteiger partial charge in [-0.1, -0.05) is 41.4 Å². The number of halogens is 5. The van der Waals surface area contributed by atoms with E-state index in [1.54, 1.807) is 41.1 Å². The van der Waals surface area contributed by atoms with Gasteiger partial charge in [-0.15, -0.1) is 0 Å². The summed E-state index contributed by atoms with van der Waals surface area (Å²) in [7, 11) is 1.55. The van der Waals surface area contributed by atoms with Gasteiger partial charge in [0.25, 0.3) is 0 Å². The molecule has 0 bridgehead atoms. The number of carbonyl (C=O) groups is 2. The van der Waals surface area contributed by atoms with Crippen LogP contribution in [0, 0.1) is 0 Å². The lowest BCUT2D eigenvalue weighted by atomic mass is 10.1. The minimum atomic E-state index is -4.52. The second-order valence-corrected chi connectivity index (χ2v) is 8.23. The average molecular weight is 489 g/mol. The molecular weight excluding hydrogens is 468 g/mol. The third-order valence-electron chi connectivity index (χ3n) is 5.18. The standard InChI is InChI=1S/C21H21Cl2F3N4O2/c1-28(18(31)10-14-4-2-3-5-16(14)22)13-19(32)29-6-8-30(9-7-29)20-17(23)11-15(12-27-20)21(24,25)26/h2-5,11-12H,6-10,13H2,1H3. The number of alkyl halides is 3. The smallest absolute Gasteiger partial charge is 0.352 e. The number of nitrogens with zero attached hydrogens (tertiary/aromatic N) is 4. The molecule has 0 unspecified atom stereocenters. The molecule has 0 atom stereocenters. The van der Waals surface area contributed by atoms with Crippen molar-refractivity contribution < 1.29 is 22.8 Å². The number of benzene rings is 1. The Hall–Kier alpha value is -2.52. The summed E-state index contributed by atoms with van der Waals surface area (Å²) < 4.78 is 38.4. The summed E-state index contributed by atoms with van der Waals surface area (Å²) in [4.78, 5) is 33.6. The van der Waals surface area contributed by atoms with Crippen LogP contribution in [-0.2, 0) is 22.2 Å². The van der Waals surface area contributed by atoms with Gasteiger partial charge < -0.3 is 14.7 Å². The topological polar surface area (TPSA) is 56.8 Å². The highest BCUT2D eigenvalue weighted by Gasteiger charge is 2.32. The summed E-state index contributed by atoms with van der Waals surface area (Å²) in [5, 5.41) is 0.400. The number of aromatic nitrogens is 1. The summed E-state index contributed by atoms with van der Waals surface area (Å²) in [6.45, 7) is 1.32. The van der Waals surface area contributed by atoms with Crippen molar-refractivity contribution in [2.24, 2.45) is 0 Å². The molecule has 172 valence electrons. The van der Waals surface area contributed by atoms with Crippen molar-refractivity contribution in [3.63, 3.8) is 0 Å². The summed E-state index contributed by atoms with van der Waals surface area (Å²) in [5.74, 6) is -0.198. The quantitative estimate of drug-likeness (QED) is 0.642. The van der Waals surface area contributed by atoms with Crippen LogP contribution in [0.15, 0.2) is 36.5 Å². The van der Waals surface area contributed by atoms with Crippen LogP contribution in [0.2, 0.25) is 10.0 Å². The van der Waals surface area contributed by atoms with Gasteiger partial charge in [0.05, 0.1) is 23.6 Å². The Kier molecular flexibility index (Phi) is 7.51. The maximum atomic E-state index is 12.8. The fourth-order valence-electron chi connectivity index (χ4n) is 3.32.